The van der Waals surface area contributed by atoms with Crippen LogP contribution in [-0.2, 0) is 11.3 Å². The first-order valence-electron chi connectivity index (χ1n) is 6.63. The van der Waals surface area contributed by atoms with Gasteiger partial charge in [0.1, 0.15) is 0 Å². The van der Waals surface area contributed by atoms with E-state index in [4.69, 9.17) is 22.1 Å². The molecule has 1 saturated heterocycles. The number of hydrogen-bond donors (Lipinski definition) is 1. The quantitative estimate of drug-likeness (QED) is 0.872. The molecule has 2 N–H and O–H groups in total. The van der Waals surface area contributed by atoms with E-state index in [0.29, 0.717) is 22.5 Å². The van der Waals surface area contributed by atoms with Gasteiger partial charge >= 0.3 is 0 Å². The molecule has 2 heterocycles. The zero-order chi connectivity index (χ0) is 13.9. The monoisotopic (exact) mass is 293 g/mol. The minimum atomic E-state index is 0.581. The molecule has 1 fully saturated rings. The van der Waals surface area contributed by atoms with Gasteiger partial charge < -0.3 is 10.5 Å². The van der Waals surface area contributed by atoms with Crippen LogP contribution in [0.1, 0.15) is 12.8 Å². The maximum atomic E-state index is 5.99. The molecule has 1 unspecified atom stereocenters. The average molecular weight is 294 g/mol. The summed E-state index contributed by atoms with van der Waals surface area (Å²) in [7, 11) is 0. The first-order valence-corrected chi connectivity index (χ1v) is 7.01. The molecular weight excluding hydrogens is 278 g/mol. The number of rotatable bonds is 4. The third-order valence-corrected chi connectivity index (χ3v) is 3.79. The lowest BCUT2D eigenvalue weighted by Gasteiger charge is -2.09. The van der Waals surface area contributed by atoms with Crippen molar-refractivity contribution in [2.75, 3.05) is 18.9 Å². The number of ether oxygens (including phenoxy) is 1. The van der Waals surface area contributed by atoms with Crippen LogP contribution in [0.4, 0.5) is 5.69 Å². The number of aryl methyl sites for hydroxylation is 1. The number of anilines is 1. The summed E-state index contributed by atoms with van der Waals surface area (Å²) in [5.41, 5.74) is 7.38. The molecule has 0 spiro atoms. The van der Waals surface area contributed by atoms with E-state index in [1.54, 1.807) is 16.8 Å². The highest BCUT2D eigenvalue weighted by molar-refractivity contribution is 6.31. The lowest BCUT2D eigenvalue weighted by molar-refractivity contribution is 0.183. The first-order chi connectivity index (χ1) is 9.74. The normalized spacial score (nSPS) is 18.6. The van der Waals surface area contributed by atoms with Crippen molar-refractivity contribution in [3.05, 3.63) is 23.2 Å². The van der Waals surface area contributed by atoms with Gasteiger partial charge in [-0.1, -0.05) is 11.6 Å². The van der Waals surface area contributed by atoms with Crippen LogP contribution < -0.4 is 5.73 Å². The fourth-order valence-electron chi connectivity index (χ4n) is 2.40. The van der Waals surface area contributed by atoms with Gasteiger partial charge in [0, 0.05) is 36.0 Å². The number of hydrogen-bond acceptors (Lipinski definition) is 5. The van der Waals surface area contributed by atoms with E-state index < -0.39 is 0 Å². The topological polar surface area (TPSA) is 78.9 Å². The van der Waals surface area contributed by atoms with Crippen molar-refractivity contribution in [3.63, 3.8) is 0 Å². The molecule has 3 rings (SSSR count). The van der Waals surface area contributed by atoms with Crippen LogP contribution in [0.5, 0.6) is 0 Å². The summed E-state index contributed by atoms with van der Waals surface area (Å²) >= 11 is 5.91. The Morgan fingerprint density at radius 1 is 1.45 bits per heavy atom. The largest absolute Gasteiger partial charge is 0.398 e. The summed E-state index contributed by atoms with van der Waals surface area (Å²) < 4.78 is 7.17. The Morgan fingerprint density at radius 2 is 2.35 bits per heavy atom. The van der Waals surface area contributed by atoms with Crippen molar-refractivity contribution >= 4 is 17.3 Å². The Hall–Kier alpha value is -1.66. The molecule has 1 aliphatic heterocycles. The Morgan fingerprint density at radius 3 is 3.10 bits per heavy atom. The lowest BCUT2D eigenvalue weighted by atomic mass is 10.1. The Kier molecular flexibility index (Phi) is 3.84. The van der Waals surface area contributed by atoms with Crippen LogP contribution in [0.15, 0.2) is 18.2 Å². The van der Waals surface area contributed by atoms with Crippen molar-refractivity contribution in [2.45, 2.75) is 19.4 Å². The molecule has 0 saturated carbocycles. The highest BCUT2D eigenvalue weighted by atomic mass is 35.5. The maximum absolute atomic E-state index is 5.99. The standard InChI is InChI=1S/C13H16ClN5O/c14-10-1-2-11(12(15)7-10)13-16-17-18-19(13)5-3-9-4-6-20-8-9/h1-2,7,9H,3-6,8,15H2. The van der Waals surface area contributed by atoms with Gasteiger partial charge in [0.25, 0.3) is 0 Å². The van der Waals surface area contributed by atoms with Crippen LogP contribution in [-0.4, -0.2) is 33.4 Å². The van der Waals surface area contributed by atoms with Gasteiger partial charge in [-0.25, -0.2) is 4.68 Å². The van der Waals surface area contributed by atoms with E-state index in [2.05, 4.69) is 15.5 Å². The summed E-state index contributed by atoms with van der Waals surface area (Å²) in [5.74, 6) is 1.27. The van der Waals surface area contributed by atoms with Crippen molar-refractivity contribution in [3.8, 4) is 11.4 Å². The molecule has 20 heavy (non-hydrogen) atoms. The van der Waals surface area contributed by atoms with Crippen LogP contribution in [0.2, 0.25) is 5.02 Å². The predicted octanol–water partition coefficient (Wildman–Crippen LogP) is 2.00. The number of aromatic nitrogens is 4. The summed E-state index contributed by atoms with van der Waals surface area (Å²) in [5, 5.41) is 12.5. The molecule has 0 radical (unpaired) electrons. The Bertz CT molecular complexity index is 594. The first kappa shape index (κ1) is 13.3. The molecule has 1 atom stereocenters. The van der Waals surface area contributed by atoms with Crippen molar-refractivity contribution in [1.29, 1.82) is 0 Å². The SMILES string of the molecule is Nc1cc(Cl)ccc1-c1nnnn1CCC1CCOC1. The second kappa shape index (κ2) is 5.76. The third kappa shape index (κ3) is 2.76. The predicted molar refractivity (Wildman–Crippen MR) is 76.2 cm³/mol. The summed E-state index contributed by atoms with van der Waals surface area (Å²) in [4.78, 5) is 0. The fourth-order valence-corrected chi connectivity index (χ4v) is 2.58. The number of tetrazole rings is 1. The molecule has 1 aromatic heterocycles. The zero-order valence-electron chi connectivity index (χ0n) is 11.0. The van der Waals surface area contributed by atoms with Gasteiger partial charge in [-0.05, 0) is 47.4 Å². The zero-order valence-corrected chi connectivity index (χ0v) is 11.8. The average Bonchev–Trinajstić information content (AvgIpc) is 3.07. The molecule has 106 valence electrons. The molecule has 0 amide bonds. The molecule has 0 aliphatic carbocycles. The van der Waals surface area contributed by atoms with E-state index in [-0.39, 0.29) is 0 Å². The molecule has 2 aromatic rings. The molecule has 0 bridgehead atoms. The van der Waals surface area contributed by atoms with E-state index >= 15 is 0 Å². The summed E-state index contributed by atoms with van der Waals surface area (Å²) in [6, 6.07) is 5.34. The van der Waals surface area contributed by atoms with Crippen molar-refractivity contribution < 1.29 is 4.74 Å². The minimum Gasteiger partial charge on any atom is -0.398 e. The lowest BCUT2D eigenvalue weighted by Crippen LogP contribution is -2.09. The second-order valence-electron chi connectivity index (χ2n) is 4.98. The number of halogens is 1. The summed E-state index contributed by atoms with van der Waals surface area (Å²) in [6.45, 7) is 2.45. The molecule has 7 heteroatoms. The summed E-state index contributed by atoms with van der Waals surface area (Å²) in [6.07, 6.45) is 2.12. The van der Waals surface area contributed by atoms with Crippen LogP contribution in [0.3, 0.4) is 0 Å². The van der Waals surface area contributed by atoms with Gasteiger partial charge in [0.15, 0.2) is 5.82 Å². The Balaban J connectivity index is 1.78. The third-order valence-electron chi connectivity index (χ3n) is 3.56. The van der Waals surface area contributed by atoms with Crippen LogP contribution >= 0.6 is 11.6 Å². The number of nitrogens with zero attached hydrogens (tertiary/aromatic N) is 4. The maximum Gasteiger partial charge on any atom is 0.184 e. The van der Waals surface area contributed by atoms with Gasteiger partial charge in [0.2, 0.25) is 0 Å². The van der Waals surface area contributed by atoms with E-state index in [1.165, 1.54) is 0 Å². The smallest absolute Gasteiger partial charge is 0.184 e. The Labute approximate surface area is 121 Å². The molecule has 1 aromatic carbocycles. The number of benzene rings is 1. The van der Waals surface area contributed by atoms with E-state index in [9.17, 15) is 0 Å². The van der Waals surface area contributed by atoms with Gasteiger partial charge in [-0.3, -0.25) is 0 Å². The molecular formula is C13H16ClN5O. The van der Waals surface area contributed by atoms with Gasteiger partial charge in [-0.15, -0.1) is 5.10 Å². The molecule has 6 nitrogen and oxygen atoms in total. The number of nitrogens with two attached hydrogens (primary N) is 1. The minimum absolute atomic E-state index is 0.581. The van der Waals surface area contributed by atoms with Gasteiger partial charge in [0.05, 0.1) is 0 Å². The van der Waals surface area contributed by atoms with E-state index in [1.807, 2.05) is 6.07 Å². The highest BCUT2D eigenvalue weighted by Crippen LogP contribution is 2.27. The van der Waals surface area contributed by atoms with Gasteiger partial charge in [-0.2, -0.15) is 0 Å². The fraction of sp³-hybridized carbons (Fsp3) is 0.462. The van der Waals surface area contributed by atoms with Crippen LogP contribution in [0, 0.1) is 5.92 Å². The number of nitrogen functional groups attached to an aromatic ring is 1. The highest BCUT2D eigenvalue weighted by Gasteiger charge is 2.18. The van der Waals surface area contributed by atoms with Crippen molar-refractivity contribution in [1.82, 2.24) is 20.2 Å². The molecule has 1 aliphatic rings. The van der Waals surface area contributed by atoms with E-state index in [0.717, 1.165) is 38.2 Å². The second-order valence-corrected chi connectivity index (χ2v) is 5.41. The van der Waals surface area contributed by atoms with Crippen molar-refractivity contribution in [2.24, 2.45) is 5.92 Å². The van der Waals surface area contributed by atoms with Crippen LogP contribution in [0.25, 0.3) is 11.4 Å².